The van der Waals surface area contributed by atoms with Crippen LogP contribution in [0.3, 0.4) is 0 Å². The smallest absolute Gasteiger partial charge is 0.338 e. The first-order chi connectivity index (χ1) is 20.8. The van der Waals surface area contributed by atoms with Crippen molar-refractivity contribution in [2.75, 3.05) is 13.7 Å². The van der Waals surface area contributed by atoms with E-state index in [0.29, 0.717) is 42.9 Å². The molecule has 2 aromatic heterocycles. The number of hydrogen-bond acceptors (Lipinski definition) is 6. The number of thiazole rings is 1. The van der Waals surface area contributed by atoms with E-state index >= 15 is 0 Å². The number of fused-ring (bicyclic) bond motifs is 2. The molecule has 5 aromatic rings. The Labute approximate surface area is 259 Å². The summed E-state index contributed by atoms with van der Waals surface area (Å²) in [6.07, 6.45) is 3.87. The van der Waals surface area contributed by atoms with Crippen molar-refractivity contribution in [3.8, 4) is 5.75 Å². The molecule has 7 nitrogen and oxygen atoms in total. The number of halogens is 2. The molecule has 43 heavy (non-hydrogen) atoms. The highest BCUT2D eigenvalue weighted by atomic mass is 79.9. The molecule has 0 unspecified atom stereocenters. The minimum absolute atomic E-state index is 0.195. The highest BCUT2D eigenvalue weighted by Crippen LogP contribution is 2.35. The molecule has 218 valence electrons. The number of aromatic nitrogens is 2. The Kier molecular flexibility index (Phi) is 7.89. The van der Waals surface area contributed by atoms with Crippen molar-refractivity contribution in [1.29, 1.82) is 0 Å². The summed E-state index contributed by atoms with van der Waals surface area (Å²) in [6, 6.07) is 19.1. The van der Waals surface area contributed by atoms with Gasteiger partial charge in [0.25, 0.3) is 5.56 Å². The average molecular weight is 661 g/mol. The zero-order chi connectivity index (χ0) is 30.2. The van der Waals surface area contributed by atoms with Crippen molar-refractivity contribution in [3.63, 3.8) is 0 Å². The Morgan fingerprint density at radius 1 is 1.14 bits per heavy atom. The van der Waals surface area contributed by atoms with Gasteiger partial charge in [0.2, 0.25) is 0 Å². The van der Waals surface area contributed by atoms with Crippen molar-refractivity contribution in [2.45, 2.75) is 26.4 Å². The quantitative estimate of drug-likeness (QED) is 0.210. The monoisotopic (exact) mass is 659 g/mol. The predicted octanol–water partition coefficient (Wildman–Crippen LogP) is 5.71. The highest BCUT2D eigenvalue weighted by molar-refractivity contribution is 9.10. The van der Waals surface area contributed by atoms with E-state index in [1.54, 1.807) is 43.7 Å². The van der Waals surface area contributed by atoms with Crippen molar-refractivity contribution in [3.05, 3.63) is 131 Å². The van der Waals surface area contributed by atoms with Crippen molar-refractivity contribution < 1.29 is 18.7 Å². The maximum absolute atomic E-state index is 14.1. The van der Waals surface area contributed by atoms with Crippen LogP contribution in [0.1, 0.15) is 36.6 Å². The van der Waals surface area contributed by atoms with Crippen LogP contribution < -0.4 is 19.6 Å². The Balaban J connectivity index is 1.51. The molecule has 0 fully saturated rings. The molecule has 3 aromatic carbocycles. The summed E-state index contributed by atoms with van der Waals surface area (Å²) in [5, 5.41) is 0.981. The molecular formula is C33H27BrFN3O4S. The Morgan fingerprint density at radius 2 is 1.91 bits per heavy atom. The molecule has 3 heterocycles. The van der Waals surface area contributed by atoms with Crippen molar-refractivity contribution in [1.82, 2.24) is 9.13 Å². The zero-order valence-electron chi connectivity index (χ0n) is 23.6. The first-order valence-corrected chi connectivity index (χ1v) is 15.3. The normalized spacial score (nSPS) is 15.0. The fourth-order valence-electron chi connectivity index (χ4n) is 5.41. The molecule has 0 bridgehead atoms. The number of methoxy groups -OCH3 is 1. The van der Waals surface area contributed by atoms with E-state index in [9.17, 15) is 14.0 Å². The number of esters is 1. The van der Waals surface area contributed by atoms with Gasteiger partial charge in [-0.3, -0.25) is 9.36 Å². The largest absolute Gasteiger partial charge is 0.496 e. The molecule has 0 radical (unpaired) electrons. The molecule has 6 rings (SSSR count). The topological polar surface area (TPSA) is 74.8 Å². The third-order valence-electron chi connectivity index (χ3n) is 7.38. The Morgan fingerprint density at radius 3 is 2.63 bits per heavy atom. The molecule has 0 aliphatic carbocycles. The van der Waals surface area contributed by atoms with E-state index in [-0.39, 0.29) is 18.0 Å². The van der Waals surface area contributed by atoms with Gasteiger partial charge >= 0.3 is 5.97 Å². The first-order valence-electron chi connectivity index (χ1n) is 13.6. The van der Waals surface area contributed by atoms with Crippen LogP contribution >= 0.6 is 27.3 Å². The van der Waals surface area contributed by atoms with Crippen LogP contribution in [0.5, 0.6) is 5.75 Å². The molecule has 10 heteroatoms. The maximum atomic E-state index is 14.1. The van der Waals surface area contributed by atoms with Gasteiger partial charge in [-0.25, -0.2) is 14.2 Å². The minimum Gasteiger partial charge on any atom is -0.496 e. The number of carbonyl (C=O) groups excluding carboxylic acids is 1. The van der Waals surface area contributed by atoms with Gasteiger partial charge < -0.3 is 14.0 Å². The summed E-state index contributed by atoms with van der Waals surface area (Å²) in [5.41, 5.74) is 4.09. The van der Waals surface area contributed by atoms with Crippen LogP contribution in [0, 0.1) is 5.82 Å². The predicted molar refractivity (Wildman–Crippen MR) is 169 cm³/mol. The van der Waals surface area contributed by atoms with Gasteiger partial charge in [0.1, 0.15) is 11.6 Å². The molecular weight excluding hydrogens is 633 g/mol. The van der Waals surface area contributed by atoms with E-state index in [2.05, 4.69) is 25.5 Å². The molecule has 1 atom stereocenters. The third kappa shape index (κ3) is 5.36. The van der Waals surface area contributed by atoms with Crippen LogP contribution in [0.4, 0.5) is 4.39 Å². The van der Waals surface area contributed by atoms with E-state index in [0.717, 1.165) is 22.0 Å². The van der Waals surface area contributed by atoms with Gasteiger partial charge in [0.05, 0.1) is 40.0 Å². The summed E-state index contributed by atoms with van der Waals surface area (Å²) in [7, 11) is 1.58. The number of benzene rings is 3. The van der Waals surface area contributed by atoms with Gasteiger partial charge in [-0.2, -0.15) is 0 Å². The molecule has 0 amide bonds. The molecule has 1 aliphatic heterocycles. The summed E-state index contributed by atoms with van der Waals surface area (Å²) < 4.78 is 29.1. The Hall–Kier alpha value is -4.28. The third-order valence-corrected chi connectivity index (χ3v) is 8.98. The van der Waals surface area contributed by atoms with E-state index in [1.807, 2.05) is 48.7 Å². The fraction of sp³-hybridized carbons (Fsp3) is 0.182. The van der Waals surface area contributed by atoms with Crippen LogP contribution in [-0.2, 0) is 16.1 Å². The van der Waals surface area contributed by atoms with E-state index in [4.69, 9.17) is 9.47 Å². The average Bonchev–Trinajstić information content (AvgIpc) is 3.49. The van der Waals surface area contributed by atoms with Gasteiger partial charge in [0.15, 0.2) is 4.80 Å². The molecule has 0 N–H and O–H groups in total. The summed E-state index contributed by atoms with van der Waals surface area (Å²) in [4.78, 5) is 32.5. The highest BCUT2D eigenvalue weighted by Gasteiger charge is 2.33. The second-order valence-corrected chi connectivity index (χ2v) is 11.9. The van der Waals surface area contributed by atoms with Gasteiger partial charge in [-0.15, -0.1) is 0 Å². The van der Waals surface area contributed by atoms with E-state index in [1.165, 1.54) is 23.5 Å². The SMILES string of the molecule is CCOC(=O)C1=C(C)N=c2s/c(=C/c3cn(Cc4ccc(F)cc4)c4ccccc34)c(=O)n2[C@H]1c1ccc(OC)c(Br)c1. The van der Waals surface area contributed by atoms with E-state index < -0.39 is 12.0 Å². The number of hydrogen-bond donors (Lipinski definition) is 0. The molecule has 0 saturated heterocycles. The lowest BCUT2D eigenvalue weighted by Gasteiger charge is -2.25. The lowest BCUT2D eigenvalue weighted by Crippen LogP contribution is -2.39. The van der Waals surface area contributed by atoms with Gasteiger partial charge in [0, 0.05) is 29.2 Å². The van der Waals surface area contributed by atoms with Crippen molar-refractivity contribution >= 4 is 50.2 Å². The Bertz CT molecular complexity index is 2090. The van der Waals surface area contributed by atoms with Crippen LogP contribution in [0.15, 0.2) is 98.5 Å². The van der Waals surface area contributed by atoms with Crippen LogP contribution in [-0.4, -0.2) is 28.8 Å². The maximum Gasteiger partial charge on any atom is 0.338 e. The molecule has 0 spiro atoms. The summed E-state index contributed by atoms with van der Waals surface area (Å²) in [6.45, 7) is 4.25. The van der Waals surface area contributed by atoms with Gasteiger partial charge in [-0.1, -0.05) is 47.7 Å². The van der Waals surface area contributed by atoms with Crippen molar-refractivity contribution in [2.24, 2.45) is 4.99 Å². The molecule has 1 aliphatic rings. The lowest BCUT2D eigenvalue weighted by molar-refractivity contribution is -0.139. The second kappa shape index (κ2) is 11.8. The number of para-hydroxylation sites is 1. The fourth-order valence-corrected chi connectivity index (χ4v) is 7.00. The number of rotatable bonds is 7. The zero-order valence-corrected chi connectivity index (χ0v) is 26.0. The van der Waals surface area contributed by atoms with Gasteiger partial charge in [-0.05, 0) is 77.3 Å². The summed E-state index contributed by atoms with van der Waals surface area (Å²) in [5.74, 6) is -0.163. The number of carbonyl (C=O) groups is 1. The number of nitrogens with zero attached hydrogens (tertiary/aromatic N) is 3. The number of allylic oxidation sites excluding steroid dienone is 1. The first kappa shape index (κ1) is 28.8. The molecule has 0 saturated carbocycles. The standard InChI is InChI=1S/C33H27BrFN3O4S/c1-4-42-32(40)29-19(2)36-33-38(30(29)21-11-14-27(41-3)25(34)15-21)31(39)28(43-33)16-22-18-37(26-8-6-5-7-24(22)26)17-20-9-12-23(35)13-10-20/h5-16,18,30H,4,17H2,1-3H3/b28-16+/t30-/m0/s1. The summed E-state index contributed by atoms with van der Waals surface area (Å²) >= 11 is 4.82. The number of ether oxygens (including phenoxy) is 2. The second-order valence-electron chi connectivity index (χ2n) is 10.1. The minimum atomic E-state index is -0.737. The van der Waals surface area contributed by atoms with Crippen LogP contribution in [0.2, 0.25) is 0 Å². The van der Waals surface area contributed by atoms with Crippen LogP contribution in [0.25, 0.3) is 17.0 Å². The lowest BCUT2D eigenvalue weighted by atomic mass is 9.96.